The Bertz CT molecular complexity index is 532. The molecule has 1 fully saturated rings. The summed E-state index contributed by atoms with van der Waals surface area (Å²) in [6.45, 7) is 2.34. The standard InChI is InChI=1S/C15H18FN3O/c1-18(11-15(20)19-6-2-3-7-19)10-13-8-14(16)5-4-12(13)9-17/h4-5,8H,2-3,6-7,10-11H2,1H3. The minimum atomic E-state index is -0.363. The smallest absolute Gasteiger partial charge is 0.236 e. The van der Waals surface area contributed by atoms with Crippen molar-refractivity contribution in [2.45, 2.75) is 19.4 Å². The lowest BCUT2D eigenvalue weighted by molar-refractivity contribution is -0.131. The van der Waals surface area contributed by atoms with Crippen molar-refractivity contribution < 1.29 is 9.18 Å². The monoisotopic (exact) mass is 275 g/mol. The summed E-state index contributed by atoms with van der Waals surface area (Å²) < 4.78 is 13.2. The normalized spacial score (nSPS) is 14.6. The van der Waals surface area contributed by atoms with Crippen molar-refractivity contribution in [1.29, 1.82) is 5.26 Å². The van der Waals surface area contributed by atoms with Crippen LogP contribution >= 0.6 is 0 Å². The molecule has 0 radical (unpaired) electrons. The molecule has 0 aliphatic carbocycles. The Morgan fingerprint density at radius 2 is 2.15 bits per heavy atom. The van der Waals surface area contributed by atoms with E-state index >= 15 is 0 Å². The molecule has 1 saturated heterocycles. The molecule has 1 aliphatic heterocycles. The predicted octanol–water partition coefficient (Wildman–Crippen LogP) is 1.75. The zero-order chi connectivity index (χ0) is 14.5. The second-order valence-corrected chi connectivity index (χ2v) is 5.17. The minimum Gasteiger partial charge on any atom is -0.342 e. The molecule has 0 N–H and O–H groups in total. The van der Waals surface area contributed by atoms with Crippen LogP contribution in [0.3, 0.4) is 0 Å². The highest BCUT2D eigenvalue weighted by molar-refractivity contribution is 5.78. The number of nitrogens with zero attached hydrogens (tertiary/aromatic N) is 3. The van der Waals surface area contributed by atoms with Crippen LogP contribution in [0.4, 0.5) is 4.39 Å². The van der Waals surface area contributed by atoms with Crippen LogP contribution in [0, 0.1) is 17.1 Å². The van der Waals surface area contributed by atoms with Gasteiger partial charge >= 0.3 is 0 Å². The fourth-order valence-corrected chi connectivity index (χ4v) is 2.45. The number of hydrogen-bond acceptors (Lipinski definition) is 3. The molecule has 1 aromatic rings. The van der Waals surface area contributed by atoms with Gasteiger partial charge < -0.3 is 4.90 Å². The number of carbonyl (C=O) groups excluding carboxylic acids is 1. The van der Waals surface area contributed by atoms with Crippen LogP contribution in [0.2, 0.25) is 0 Å². The van der Waals surface area contributed by atoms with Crippen LogP contribution in [0.15, 0.2) is 18.2 Å². The van der Waals surface area contributed by atoms with Crippen molar-refractivity contribution in [2.24, 2.45) is 0 Å². The molecule has 1 aromatic carbocycles. The van der Waals surface area contributed by atoms with Crippen molar-refractivity contribution >= 4 is 5.91 Å². The molecule has 1 heterocycles. The second kappa shape index (κ2) is 6.49. The maximum atomic E-state index is 13.2. The van der Waals surface area contributed by atoms with Gasteiger partial charge in [-0.1, -0.05) is 0 Å². The fourth-order valence-electron chi connectivity index (χ4n) is 2.45. The van der Waals surface area contributed by atoms with Crippen LogP contribution in [-0.4, -0.2) is 42.4 Å². The van der Waals surface area contributed by atoms with Gasteiger partial charge in [-0.15, -0.1) is 0 Å². The van der Waals surface area contributed by atoms with Crippen LogP contribution < -0.4 is 0 Å². The number of rotatable bonds is 4. The van der Waals surface area contributed by atoms with Crippen molar-refractivity contribution in [2.75, 3.05) is 26.7 Å². The molecular formula is C15H18FN3O. The molecule has 5 heteroatoms. The molecule has 4 nitrogen and oxygen atoms in total. The van der Waals surface area contributed by atoms with E-state index in [0.29, 0.717) is 24.2 Å². The zero-order valence-corrected chi connectivity index (χ0v) is 11.6. The molecule has 0 aromatic heterocycles. The molecule has 0 saturated carbocycles. The number of carbonyl (C=O) groups is 1. The van der Waals surface area contributed by atoms with Crippen molar-refractivity contribution in [3.05, 3.63) is 35.1 Å². The van der Waals surface area contributed by atoms with E-state index < -0.39 is 0 Å². The predicted molar refractivity (Wildman–Crippen MR) is 73.3 cm³/mol. The first-order valence-corrected chi connectivity index (χ1v) is 6.75. The molecule has 0 atom stereocenters. The highest BCUT2D eigenvalue weighted by atomic mass is 19.1. The minimum absolute atomic E-state index is 0.0971. The summed E-state index contributed by atoms with van der Waals surface area (Å²) in [6, 6.07) is 6.15. The van der Waals surface area contributed by atoms with Crippen LogP contribution in [-0.2, 0) is 11.3 Å². The average Bonchev–Trinajstić information content (AvgIpc) is 2.92. The third-order valence-electron chi connectivity index (χ3n) is 3.49. The van der Waals surface area contributed by atoms with Gasteiger partial charge in [0.2, 0.25) is 5.91 Å². The van der Waals surface area contributed by atoms with Crippen molar-refractivity contribution in [3.63, 3.8) is 0 Å². The maximum absolute atomic E-state index is 13.2. The van der Waals surface area contributed by atoms with Crippen LogP contribution in [0.1, 0.15) is 24.0 Å². The van der Waals surface area contributed by atoms with E-state index in [4.69, 9.17) is 5.26 Å². The van der Waals surface area contributed by atoms with Crippen LogP contribution in [0.25, 0.3) is 0 Å². The molecular weight excluding hydrogens is 257 g/mol. The zero-order valence-electron chi connectivity index (χ0n) is 11.6. The summed E-state index contributed by atoms with van der Waals surface area (Å²) in [5.74, 6) is -0.266. The second-order valence-electron chi connectivity index (χ2n) is 5.17. The Hall–Kier alpha value is -1.93. The molecule has 2 rings (SSSR count). The molecule has 0 bridgehead atoms. The lowest BCUT2D eigenvalue weighted by Gasteiger charge is -2.21. The summed E-state index contributed by atoms with van der Waals surface area (Å²) in [4.78, 5) is 15.7. The first-order valence-electron chi connectivity index (χ1n) is 6.75. The molecule has 1 aliphatic rings. The topological polar surface area (TPSA) is 47.3 Å². The van der Waals surface area contributed by atoms with Gasteiger partial charge in [-0.25, -0.2) is 4.39 Å². The number of amides is 1. The molecule has 106 valence electrons. The van der Waals surface area contributed by atoms with E-state index in [2.05, 4.69) is 0 Å². The van der Waals surface area contributed by atoms with Gasteiger partial charge in [0, 0.05) is 19.6 Å². The number of benzene rings is 1. The summed E-state index contributed by atoms with van der Waals surface area (Å²) in [6.07, 6.45) is 2.13. The number of likely N-dealkylation sites (tertiary alicyclic amines) is 1. The average molecular weight is 275 g/mol. The van der Waals surface area contributed by atoms with Gasteiger partial charge in [-0.05, 0) is 43.7 Å². The molecule has 0 spiro atoms. The van der Waals surface area contributed by atoms with Gasteiger partial charge in [0.15, 0.2) is 0 Å². The Balaban J connectivity index is 1.97. The van der Waals surface area contributed by atoms with Gasteiger partial charge in [0.1, 0.15) is 5.82 Å². The molecule has 20 heavy (non-hydrogen) atoms. The van der Waals surface area contributed by atoms with E-state index in [1.54, 1.807) is 7.05 Å². The number of hydrogen-bond donors (Lipinski definition) is 0. The number of likely N-dealkylation sites (N-methyl/N-ethyl adjacent to an activating group) is 1. The van der Waals surface area contributed by atoms with Gasteiger partial charge in [0.25, 0.3) is 0 Å². The summed E-state index contributed by atoms with van der Waals surface area (Å²) in [5, 5.41) is 9.01. The van der Waals surface area contributed by atoms with E-state index in [0.717, 1.165) is 25.9 Å². The first kappa shape index (κ1) is 14.5. The van der Waals surface area contributed by atoms with Gasteiger partial charge in [-0.3, -0.25) is 9.69 Å². The third kappa shape index (κ3) is 3.55. The lowest BCUT2D eigenvalue weighted by Crippen LogP contribution is -2.37. The molecule has 1 amide bonds. The first-order chi connectivity index (χ1) is 9.60. The Labute approximate surface area is 118 Å². The van der Waals surface area contributed by atoms with Crippen molar-refractivity contribution in [1.82, 2.24) is 9.80 Å². The van der Waals surface area contributed by atoms with E-state index in [1.165, 1.54) is 18.2 Å². The summed E-state index contributed by atoms with van der Waals surface area (Å²) >= 11 is 0. The van der Waals surface area contributed by atoms with Crippen LogP contribution in [0.5, 0.6) is 0 Å². The Morgan fingerprint density at radius 1 is 1.45 bits per heavy atom. The number of halogens is 1. The van der Waals surface area contributed by atoms with E-state index in [1.807, 2.05) is 15.9 Å². The molecule has 0 unspecified atom stereocenters. The number of nitriles is 1. The summed E-state index contributed by atoms with van der Waals surface area (Å²) in [5.41, 5.74) is 1.07. The SMILES string of the molecule is CN(CC(=O)N1CCCC1)Cc1cc(F)ccc1C#N. The Morgan fingerprint density at radius 3 is 2.80 bits per heavy atom. The highest BCUT2D eigenvalue weighted by Crippen LogP contribution is 2.13. The largest absolute Gasteiger partial charge is 0.342 e. The van der Waals surface area contributed by atoms with E-state index in [-0.39, 0.29) is 11.7 Å². The van der Waals surface area contributed by atoms with Gasteiger partial charge in [0.05, 0.1) is 18.2 Å². The lowest BCUT2D eigenvalue weighted by atomic mass is 10.1. The Kier molecular flexibility index (Phi) is 4.70. The maximum Gasteiger partial charge on any atom is 0.236 e. The summed E-state index contributed by atoms with van der Waals surface area (Å²) in [7, 11) is 1.81. The van der Waals surface area contributed by atoms with Gasteiger partial charge in [-0.2, -0.15) is 5.26 Å². The highest BCUT2D eigenvalue weighted by Gasteiger charge is 2.19. The van der Waals surface area contributed by atoms with E-state index in [9.17, 15) is 9.18 Å². The quantitative estimate of drug-likeness (QED) is 0.841. The third-order valence-corrected chi connectivity index (χ3v) is 3.49. The fraction of sp³-hybridized carbons (Fsp3) is 0.467. The van der Waals surface area contributed by atoms with Crippen molar-refractivity contribution in [3.8, 4) is 6.07 Å².